The average molecular weight is 358 g/mol. The molecule has 1 atom stereocenters. The van der Waals surface area contributed by atoms with Gasteiger partial charge in [-0.05, 0) is 31.4 Å². The van der Waals surface area contributed by atoms with Gasteiger partial charge in [0.2, 0.25) is 0 Å². The summed E-state index contributed by atoms with van der Waals surface area (Å²) in [4.78, 5) is 12.2. The number of rotatable bonds is 5. The Morgan fingerprint density at radius 3 is 2.43 bits per heavy atom. The first-order valence-corrected chi connectivity index (χ1v) is 7.11. The molecule has 0 heterocycles. The van der Waals surface area contributed by atoms with Crippen LogP contribution in [0.2, 0.25) is 10.0 Å². The third kappa shape index (κ3) is 5.62. The molecule has 0 bridgehead atoms. The van der Waals surface area contributed by atoms with Gasteiger partial charge in [-0.25, -0.2) is 4.39 Å². The van der Waals surface area contributed by atoms with Crippen LogP contribution in [0.3, 0.4) is 0 Å². The Labute approximate surface area is 140 Å². The van der Waals surface area contributed by atoms with Crippen LogP contribution >= 0.6 is 35.6 Å². The first-order chi connectivity index (χ1) is 9.18. The molecule has 0 aliphatic rings. The highest BCUT2D eigenvalue weighted by Gasteiger charge is 2.27. The predicted molar refractivity (Wildman–Crippen MR) is 88.0 cm³/mol. The average Bonchev–Trinajstić information content (AvgIpc) is 2.32. The van der Waals surface area contributed by atoms with Gasteiger partial charge in [0, 0.05) is 12.1 Å². The molecule has 1 aromatic rings. The summed E-state index contributed by atoms with van der Waals surface area (Å²) in [7, 11) is 0. The maximum absolute atomic E-state index is 13.4. The topological polar surface area (TPSA) is 55.1 Å². The van der Waals surface area contributed by atoms with Crippen LogP contribution in [0.4, 0.5) is 4.39 Å². The highest BCUT2D eigenvalue weighted by Crippen LogP contribution is 2.25. The molecule has 120 valence electrons. The summed E-state index contributed by atoms with van der Waals surface area (Å²) in [5.74, 6) is -0.778. The van der Waals surface area contributed by atoms with Gasteiger partial charge in [0.25, 0.3) is 5.91 Å². The van der Waals surface area contributed by atoms with Crippen LogP contribution in [-0.2, 0) is 0 Å². The molecule has 0 saturated heterocycles. The lowest BCUT2D eigenvalue weighted by Crippen LogP contribution is -2.52. The summed E-state index contributed by atoms with van der Waals surface area (Å²) in [5, 5.41) is 2.81. The van der Waals surface area contributed by atoms with Gasteiger partial charge >= 0.3 is 0 Å². The quantitative estimate of drug-likeness (QED) is 0.781. The van der Waals surface area contributed by atoms with Crippen molar-refractivity contribution in [3.63, 3.8) is 0 Å². The second-order valence-corrected chi connectivity index (χ2v) is 6.38. The van der Waals surface area contributed by atoms with Gasteiger partial charge in [-0.15, -0.1) is 12.4 Å². The molecule has 0 aliphatic carbocycles. The van der Waals surface area contributed by atoms with Gasteiger partial charge in [-0.3, -0.25) is 4.79 Å². The van der Waals surface area contributed by atoms with Crippen molar-refractivity contribution in [2.75, 3.05) is 6.54 Å². The molecule has 0 aromatic heterocycles. The molecule has 21 heavy (non-hydrogen) atoms. The van der Waals surface area contributed by atoms with Crippen LogP contribution < -0.4 is 11.1 Å². The second-order valence-electron chi connectivity index (χ2n) is 5.56. The molecule has 0 aliphatic heterocycles. The van der Waals surface area contributed by atoms with E-state index in [-0.39, 0.29) is 34.6 Å². The Balaban J connectivity index is 0.00000400. The zero-order chi connectivity index (χ0) is 15.5. The van der Waals surface area contributed by atoms with Crippen molar-refractivity contribution in [2.45, 2.75) is 32.7 Å². The summed E-state index contributed by atoms with van der Waals surface area (Å²) in [5.41, 5.74) is 5.22. The molecule has 0 spiro atoms. The molecule has 7 heteroatoms. The van der Waals surface area contributed by atoms with E-state index in [1.54, 1.807) is 0 Å². The second kappa shape index (κ2) is 8.18. The van der Waals surface area contributed by atoms with Gasteiger partial charge < -0.3 is 11.1 Å². The molecule has 1 rings (SSSR count). The Morgan fingerprint density at radius 2 is 1.95 bits per heavy atom. The van der Waals surface area contributed by atoms with E-state index in [0.717, 1.165) is 6.07 Å². The number of benzene rings is 1. The number of amides is 1. The van der Waals surface area contributed by atoms with Crippen molar-refractivity contribution in [1.29, 1.82) is 0 Å². The minimum Gasteiger partial charge on any atom is -0.346 e. The lowest BCUT2D eigenvalue weighted by molar-refractivity contribution is 0.0898. The number of nitrogens with one attached hydrogen (secondary N) is 1. The molecular weight excluding hydrogens is 338 g/mol. The lowest BCUT2D eigenvalue weighted by atomic mass is 9.90. The SMILES string of the molecule is CC(C)CC(C)(CN)NC(=O)c1cc(F)c(Cl)cc1Cl.Cl. The number of halogens is 4. The fourth-order valence-electron chi connectivity index (χ4n) is 2.12. The smallest absolute Gasteiger partial charge is 0.253 e. The summed E-state index contributed by atoms with van der Waals surface area (Å²) < 4.78 is 13.4. The molecule has 3 N–H and O–H groups in total. The van der Waals surface area contributed by atoms with E-state index in [4.69, 9.17) is 28.9 Å². The third-order valence-corrected chi connectivity index (χ3v) is 3.58. The Hall–Kier alpha value is -0.550. The van der Waals surface area contributed by atoms with Gasteiger partial charge in [0.15, 0.2) is 0 Å². The first-order valence-electron chi connectivity index (χ1n) is 6.35. The largest absolute Gasteiger partial charge is 0.346 e. The van der Waals surface area contributed by atoms with Gasteiger partial charge in [0.05, 0.1) is 15.6 Å². The van der Waals surface area contributed by atoms with E-state index < -0.39 is 17.3 Å². The van der Waals surface area contributed by atoms with Crippen molar-refractivity contribution in [1.82, 2.24) is 5.32 Å². The third-order valence-electron chi connectivity index (χ3n) is 2.98. The van der Waals surface area contributed by atoms with E-state index in [2.05, 4.69) is 5.32 Å². The Bertz CT molecular complexity index is 511. The number of carbonyl (C=O) groups excluding carboxylic acids is 1. The van der Waals surface area contributed by atoms with Crippen molar-refractivity contribution in [3.8, 4) is 0 Å². The molecule has 0 fully saturated rings. The minimum atomic E-state index is -0.681. The summed E-state index contributed by atoms with van der Waals surface area (Å²) in [6, 6.07) is 2.25. The number of carbonyl (C=O) groups is 1. The van der Waals surface area contributed by atoms with E-state index in [1.807, 2.05) is 20.8 Å². The van der Waals surface area contributed by atoms with Crippen LogP contribution in [0.5, 0.6) is 0 Å². The molecular formula is C14H20Cl3FN2O. The van der Waals surface area contributed by atoms with Crippen molar-refractivity contribution in [3.05, 3.63) is 33.6 Å². The monoisotopic (exact) mass is 356 g/mol. The number of nitrogens with two attached hydrogens (primary N) is 1. The zero-order valence-corrected chi connectivity index (χ0v) is 14.5. The van der Waals surface area contributed by atoms with Gasteiger partial charge in [-0.1, -0.05) is 37.0 Å². The maximum Gasteiger partial charge on any atom is 0.253 e. The summed E-state index contributed by atoms with van der Waals surface area (Å²) in [6.45, 7) is 6.21. The van der Waals surface area contributed by atoms with E-state index in [9.17, 15) is 9.18 Å². The zero-order valence-electron chi connectivity index (χ0n) is 12.2. The highest BCUT2D eigenvalue weighted by molar-refractivity contribution is 6.36. The first kappa shape index (κ1) is 20.5. The van der Waals surface area contributed by atoms with Crippen LogP contribution in [0.25, 0.3) is 0 Å². The minimum absolute atomic E-state index is 0. The van der Waals surface area contributed by atoms with Crippen LogP contribution in [0.1, 0.15) is 37.6 Å². The van der Waals surface area contributed by atoms with Crippen LogP contribution in [0, 0.1) is 11.7 Å². The van der Waals surface area contributed by atoms with Crippen LogP contribution in [-0.4, -0.2) is 18.0 Å². The Morgan fingerprint density at radius 1 is 1.38 bits per heavy atom. The van der Waals surface area contributed by atoms with Crippen molar-refractivity contribution >= 4 is 41.5 Å². The van der Waals surface area contributed by atoms with Crippen LogP contribution in [0.15, 0.2) is 12.1 Å². The molecule has 1 aromatic carbocycles. The summed E-state index contributed by atoms with van der Waals surface area (Å²) >= 11 is 11.5. The van der Waals surface area contributed by atoms with Gasteiger partial charge in [0.1, 0.15) is 5.82 Å². The van der Waals surface area contributed by atoms with E-state index in [0.29, 0.717) is 12.3 Å². The van der Waals surface area contributed by atoms with Crippen molar-refractivity contribution in [2.24, 2.45) is 11.7 Å². The highest BCUT2D eigenvalue weighted by atomic mass is 35.5. The predicted octanol–water partition coefficient (Wildman–Crippen LogP) is 4.05. The molecule has 1 unspecified atom stereocenters. The number of hydrogen-bond donors (Lipinski definition) is 2. The summed E-state index contributed by atoms with van der Waals surface area (Å²) in [6.07, 6.45) is 0.711. The fraction of sp³-hybridized carbons (Fsp3) is 0.500. The molecule has 3 nitrogen and oxygen atoms in total. The molecule has 1 amide bonds. The molecule has 0 saturated carbocycles. The van der Waals surface area contributed by atoms with E-state index >= 15 is 0 Å². The van der Waals surface area contributed by atoms with Gasteiger partial charge in [-0.2, -0.15) is 0 Å². The standard InChI is InChI=1S/C14H19Cl2FN2O.ClH/c1-8(2)6-14(3,7-18)19-13(20)9-4-12(17)11(16)5-10(9)15;/h4-5,8H,6-7,18H2,1-3H3,(H,19,20);1H. The van der Waals surface area contributed by atoms with Crippen molar-refractivity contribution < 1.29 is 9.18 Å². The fourth-order valence-corrected chi connectivity index (χ4v) is 2.59. The maximum atomic E-state index is 13.4. The Kier molecular flexibility index (Phi) is 7.97. The lowest BCUT2D eigenvalue weighted by Gasteiger charge is -2.31. The number of hydrogen-bond acceptors (Lipinski definition) is 2. The normalized spacial score (nSPS) is 13.5. The van der Waals surface area contributed by atoms with E-state index in [1.165, 1.54) is 6.07 Å². The molecule has 0 radical (unpaired) electrons.